The first kappa shape index (κ1) is 13.0. The fourth-order valence-corrected chi connectivity index (χ4v) is 2.37. The molecule has 0 amide bonds. The summed E-state index contributed by atoms with van der Waals surface area (Å²) in [6.07, 6.45) is 3.51. The van der Waals surface area contributed by atoms with Gasteiger partial charge in [-0.2, -0.15) is 0 Å². The summed E-state index contributed by atoms with van der Waals surface area (Å²) in [5.41, 5.74) is 7.92. The van der Waals surface area contributed by atoms with E-state index in [1.165, 1.54) is 0 Å². The minimum Gasteiger partial charge on any atom is -0.454 e. The van der Waals surface area contributed by atoms with Crippen LogP contribution in [-0.2, 0) is 5.54 Å². The van der Waals surface area contributed by atoms with E-state index >= 15 is 0 Å². The molecule has 0 atom stereocenters. The molecule has 1 aromatic heterocycles. The van der Waals surface area contributed by atoms with Crippen molar-refractivity contribution >= 4 is 0 Å². The Kier molecular flexibility index (Phi) is 3.14. The zero-order valence-corrected chi connectivity index (χ0v) is 11.8. The average molecular weight is 273 g/mol. The number of ether oxygens (including phenoxy) is 2. The van der Waals surface area contributed by atoms with Gasteiger partial charge in [0.05, 0.1) is 17.4 Å². The lowest BCUT2D eigenvalue weighted by atomic mass is 9.93. The highest BCUT2D eigenvalue weighted by molar-refractivity contribution is 5.64. The van der Waals surface area contributed by atoms with Crippen molar-refractivity contribution in [1.29, 1.82) is 0 Å². The number of H-pyrrole nitrogens is 1. The predicted octanol–water partition coefficient (Wildman–Crippen LogP) is 2.78. The molecule has 1 aromatic carbocycles. The molecule has 0 fully saturated rings. The van der Waals surface area contributed by atoms with Gasteiger partial charge in [0.1, 0.15) is 5.82 Å². The van der Waals surface area contributed by atoms with Crippen LogP contribution in [0.15, 0.2) is 24.4 Å². The van der Waals surface area contributed by atoms with Crippen LogP contribution in [0.4, 0.5) is 0 Å². The predicted molar refractivity (Wildman–Crippen MR) is 76.6 cm³/mol. The van der Waals surface area contributed by atoms with E-state index in [2.05, 4.69) is 23.8 Å². The summed E-state index contributed by atoms with van der Waals surface area (Å²) in [6, 6.07) is 5.85. The molecule has 0 spiro atoms. The molecule has 5 heteroatoms. The van der Waals surface area contributed by atoms with E-state index in [0.717, 1.165) is 41.4 Å². The molecule has 1 aliphatic rings. The Bertz CT molecular complexity index is 617. The number of fused-ring (bicyclic) bond motifs is 1. The lowest BCUT2D eigenvalue weighted by Crippen LogP contribution is -2.36. The largest absolute Gasteiger partial charge is 0.454 e. The summed E-state index contributed by atoms with van der Waals surface area (Å²) in [5, 5.41) is 0. The van der Waals surface area contributed by atoms with Crippen LogP contribution in [0.5, 0.6) is 11.5 Å². The molecule has 0 saturated heterocycles. The van der Waals surface area contributed by atoms with Gasteiger partial charge in [0, 0.05) is 5.56 Å². The van der Waals surface area contributed by atoms with Crippen molar-refractivity contribution in [2.45, 2.75) is 32.2 Å². The van der Waals surface area contributed by atoms with Crippen molar-refractivity contribution < 1.29 is 9.47 Å². The Balaban J connectivity index is 1.94. The molecule has 106 valence electrons. The summed E-state index contributed by atoms with van der Waals surface area (Å²) in [4.78, 5) is 7.78. The Labute approximate surface area is 118 Å². The van der Waals surface area contributed by atoms with E-state index in [4.69, 9.17) is 15.2 Å². The van der Waals surface area contributed by atoms with Gasteiger partial charge >= 0.3 is 0 Å². The van der Waals surface area contributed by atoms with E-state index in [9.17, 15) is 0 Å². The molecule has 20 heavy (non-hydrogen) atoms. The summed E-state index contributed by atoms with van der Waals surface area (Å²) in [5.74, 6) is 2.38. The second-order valence-electron chi connectivity index (χ2n) is 5.08. The number of aromatic nitrogens is 2. The number of rotatable bonds is 4. The van der Waals surface area contributed by atoms with Gasteiger partial charge in [0.25, 0.3) is 0 Å². The highest BCUT2D eigenvalue weighted by Gasteiger charge is 2.26. The second kappa shape index (κ2) is 4.83. The highest BCUT2D eigenvalue weighted by atomic mass is 16.7. The van der Waals surface area contributed by atoms with Crippen LogP contribution < -0.4 is 15.2 Å². The van der Waals surface area contributed by atoms with Gasteiger partial charge in [-0.15, -0.1) is 0 Å². The van der Waals surface area contributed by atoms with Crippen molar-refractivity contribution in [3.05, 3.63) is 30.2 Å². The van der Waals surface area contributed by atoms with Crippen LogP contribution in [0.1, 0.15) is 32.5 Å². The fourth-order valence-electron chi connectivity index (χ4n) is 2.37. The first-order valence-corrected chi connectivity index (χ1v) is 6.90. The van der Waals surface area contributed by atoms with Gasteiger partial charge in [0.15, 0.2) is 11.5 Å². The Morgan fingerprint density at radius 1 is 1.25 bits per heavy atom. The van der Waals surface area contributed by atoms with Crippen molar-refractivity contribution in [2.75, 3.05) is 6.79 Å². The molecule has 5 nitrogen and oxygen atoms in total. The molecule has 3 N–H and O–H groups in total. The van der Waals surface area contributed by atoms with Gasteiger partial charge in [0.2, 0.25) is 6.79 Å². The Hall–Kier alpha value is -2.01. The molecule has 2 aromatic rings. The number of hydrogen-bond acceptors (Lipinski definition) is 4. The lowest BCUT2D eigenvalue weighted by Gasteiger charge is -2.23. The molecule has 0 saturated carbocycles. The monoisotopic (exact) mass is 273 g/mol. The maximum absolute atomic E-state index is 6.36. The van der Waals surface area contributed by atoms with Crippen molar-refractivity contribution in [2.24, 2.45) is 5.73 Å². The molecule has 0 aliphatic carbocycles. The first-order valence-electron chi connectivity index (χ1n) is 6.90. The molecule has 1 aliphatic heterocycles. The van der Waals surface area contributed by atoms with Crippen LogP contribution in [0.3, 0.4) is 0 Å². The topological polar surface area (TPSA) is 73.2 Å². The van der Waals surface area contributed by atoms with E-state index in [-0.39, 0.29) is 6.79 Å². The zero-order chi connectivity index (χ0) is 14.2. The number of nitrogens with two attached hydrogens (primary N) is 1. The van der Waals surface area contributed by atoms with Crippen LogP contribution in [0.2, 0.25) is 0 Å². The zero-order valence-electron chi connectivity index (χ0n) is 11.8. The number of nitrogens with zero attached hydrogens (tertiary/aromatic N) is 1. The normalized spacial score (nSPS) is 13.8. The summed E-state index contributed by atoms with van der Waals surface area (Å²) < 4.78 is 10.7. The fraction of sp³-hybridized carbons (Fsp3) is 0.400. The van der Waals surface area contributed by atoms with Gasteiger partial charge in [-0.05, 0) is 31.0 Å². The molecule has 0 bridgehead atoms. The van der Waals surface area contributed by atoms with Gasteiger partial charge in [-0.1, -0.05) is 13.8 Å². The average Bonchev–Trinajstić information content (AvgIpc) is 3.14. The van der Waals surface area contributed by atoms with Crippen LogP contribution in [0.25, 0.3) is 11.3 Å². The molecular formula is C15H19N3O2. The highest BCUT2D eigenvalue weighted by Crippen LogP contribution is 2.36. The van der Waals surface area contributed by atoms with Crippen LogP contribution in [0, 0.1) is 0 Å². The number of nitrogens with one attached hydrogen (secondary N) is 1. The van der Waals surface area contributed by atoms with Crippen molar-refractivity contribution in [3.63, 3.8) is 0 Å². The van der Waals surface area contributed by atoms with Gasteiger partial charge in [-0.3, -0.25) is 0 Å². The molecular weight excluding hydrogens is 254 g/mol. The number of imidazole rings is 1. The van der Waals surface area contributed by atoms with Crippen molar-refractivity contribution in [1.82, 2.24) is 9.97 Å². The molecule has 0 radical (unpaired) electrons. The SMILES string of the molecule is CCC(N)(CC)c1ncc(-c2ccc3c(c2)OCO3)[nH]1. The Morgan fingerprint density at radius 3 is 2.75 bits per heavy atom. The third-order valence-corrected chi connectivity index (χ3v) is 3.99. The first-order chi connectivity index (χ1) is 9.66. The maximum atomic E-state index is 6.36. The number of hydrogen-bond donors (Lipinski definition) is 2. The number of benzene rings is 1. The van der Waals surface area contributed by atoms with E-state index in [0.29, 0.717) is 0 Å². The second-order valence-corrected chi connectivity index (χ2v) is 5.08. The lowest BCUT2D eigenvalue weighted by molar-refractivity contribution is 0.174. The van der Waals surface area contributed by atoms with E-state index < -0.39 is 5.54 Å². The summed E-state index contributed by atoms with van der Waals surface area (Å²) in [6.45, 7) is 4.43. The smallest absolute Gasteiger partial charge is 0.231 e. The molecule has 0 unspecified atom stereocenters. The quantitative estimate of drug-likeness (QED) is 0.898. The third kappa shape index (κ3) is 2.04. The Morgan fingerprint density at radius 2 is 2.00 bits per heavy atom. The molecule has 2 heterocycles. The molecule has 3 rings (SSSR count). The third-order valence-electron chi connectivity index (χ3n) is 3.99. The summed E-state index contributed by atoms with van der Waals surface area (Å²) in [7, 11) is 0. The minimum absolute atomic E-state index is 0.282. The van der Waals surface area contributed by atoms with Crippen molar-refractivity contribution in [3.8, 4) is 22.8 Å². The van der Waals surface area contributed by atoms with Gasteiger partial charge in [-0.25, -0.2) is 4.98 Å². The standard InChI is InChI=1S/C15H19N3O2/c1-3-15(16,4-2)14-17-8-11(18-14)10-5-6-12-13(7-10)20-9-19-12/h5-8H,3-4,9,16H2,1-2H3,(H,17,18). The van der Waals surface area contributed by atoms with Gasteiger partial charge < -0.3 is 20.2 Å². The maximum Gasteiger partial charge on any atom is 0.231 e. The number of aromatic amines is 1. The van der Waals surface area contributed by atoms with Crippen LogP contribution in [-0.4, -0.2) is 16.8 Å². The summed E-state index contributed by atoms with van der Waals surface area (Å²) >= 11 is 0. The minimum atomic E-state index is -0.394. The van der Waals surface area contributed by atoms with Crippen LogP contribution >= 0.6 is 0 Å². The van der Waals surface area contributed by atoms with E-state index in [1.807, 2.05) is 24.4 Å². The van der Waals surface area contributed by atoms with E-state index in [1.54, 1.807) is 0 Å².